The third-order valence-corrected chi connectivity index (χ3v) is 3.92. The Bertz CT molecular complexity index is 1060. The van der Waals surface area contributed by atoms with E-state index in [1.54, 1.807) is 18.2 Å². The number of benzene rings is 2. The molecule has 4 rings (SSSR count). The van der Waals surface area contributed by atoms with E-state index in [1.165, 1.54) is 0 Å². The number of fused-ring (bicyclic) bond motifs is 1. The van der Waals surface area contributed by atoms with Crippen molar-refractivity contribution in [1.82, 2.24) is 25.1 Å². The zero-order valence-corrected chi connectivity index (χ0v) is 13.6. The van der Waals surface area contributed by atoms with Crippen molar-refractivity contribution < 1.29 is 9.50 Å². The molecule has 8 heteroatoms. The molecule has 2 heterocycles. The molecule has 0 unspecified atom stereocenters. The predicted molar refractivity (Wildman–Crippen MR) is 95.4 cm³/mol. The summed E-state index contributed by atoms with van der Waals surface area (Å²) in [6, 6.07) is 14.6. The summed E-state index contributed by atoms with van der Waals surface area (Å²) < 4.78 is 13.4. The summed E-state index contributed by atoms with van der Waals surface area (Å²) >= 11 is 0. The Kier molecular flexibility index (Phi) is 4.24. The van der Waals surface area contributed by atoms with Gasteiger partial charge in [0.05, 0.1) is 5.52 Å². The third kappa shape index (κ3) is 2.98. The fourth-order valence-electron chi connectivity index (χ4n) is 2.68. The molecule has 0 spiro atoms. The first-order chi connectivity index (χ1) is 12.8. The number of halogens is 1. The average molecular weight is 350 g/mol. The minimum absolute atomic E-state index is 0.242. The summed E-state index contributed by atoms with van der Waals surface area (Å²) in [5.41, 5.74) is 1.87. The van der Waals surface area contributed by atoms with Crippen molar-refractivity contribution in [2.45, 2.75) is 13.3 Å². The first-order valence-electron chi connectivity index (χ1n) is 7.98. The lowest BCUT2D eigenvalue weighted by Gasteiger charge is -2.10. The molecule has 7 nitrogen and oxygen atoms in total. The van der Waals surface area contributed by atoms with Crippen LogP contribution in [0.4, 0.5) is 16.2 Å². The second-order valence-corrected chi connectivity index (χ2v) is 5.59. The molecule has 3 N–H and O–H groups in total. The van der Waals surface area contributed by atoms with Crippen molar-refractivity contribution in [1.29, 1.82) is 0 Å². The number of rotatable bonds is 5. The van der Waals surface area contributed by atoms with E-state index >= 15 is 0 Å². The number of nitrogens with zero attached hydrogens (tertiary/aromatic N) is 4. The van der Waals surface area contributed by atoms with Gasteiger partial charge in [-0.05, 0) is 17.7 Å². The number of H-pyrrole nitrogens is 1. The predicted octanol–water partition coefficient (Wildman–Crippen LogP) is 3.12. The highest BCUT2D eigenvalue weighted by molar-refractivity contribution is 5.91. The quantitative estimate of drug-likeness (QED) is 0.511. The summed E-state index contributed by atoms with van der Waals surface area (Å²) in [6.45, 7) is -0.843. The summed E-state index contributed by atoms with van der Waals surface area (Å²) in [4.78, 5) is 13.3. The molecule has 2 aromatic heterocycles. The summed E-state index contributed by atoms with van der Waals surface area (Å²) in [5, 5.41) is 19.6. The highest BCUT2D eigenvalue weighted by Gasteiger charge is 2.13. The van der Waals surface area contributed by atoms with Crippen LogP contribution in [0.1, 0.15) is 11.4 Å². The van der Waals surface area contributed by atoms with Gasteiger partial charge in [0, 0.05) is 10.9 Å². The van der Waals surface area contributed by atoms with Crippen molar-refractivity contribution in [2.75, 3.05) is 5.32 Å². The molecule has 0 saturated carbocycles. The molecule has 0 amide bonds. The molecule has 0 saturated heterocycles. The zero-order valence-electron chi connectivity index (χ0n) is 13.6. The molecule has 130 valence electrons. The molecule has 26 heavy (non-hydrogen) atoms. The van der Waals surface area contributed by atoms with E-state index in [0.717, 1.165) is 5.39 Å². The Hall–Kier alpha value is -3.39. The largest absolute Gasteiger partial charge is 0.388 e. The topological polar surface area (TPSA) is 99.6 Å². The van der Waals surface area contributed by atoms with Crippen LogP contribution in [0.3, 0.4) is 0 Å². The smallest absolute Gasteiger partial charge is 0.247 e. The number of nitrogens with one attached hydrogen (secondary N) is 2. The molecule has 0 aliphatic carbocycles. The minimum atomic E-state index is -0.601. The van der Waals surface area contributed by atoms with Gasteiger partial charge in [0.25, 0.3) is 0 Å². The lowest BCUT2D eigenvalue weighted by molar-refractivity contribution is 0.272. The number of aliphatic hydroxyl groups excluding tert-OH is 1. The molecule has 0 aliphatic rings. The maximum absolute atomic E-state index is 13.4. The monoisotopic (exact) mass is 350 g/mol. The summed E-state index contributed by atoms with van der Waals surface area (Å²) in [6.07, 6.45) is 0. The zero-order chi connectivity index (χ0) is 17.9. The second-order valence-electron chi connectivity index (χ2n) is 5.59. The Morgan fingerprint density at radius 1 is 1.00 bits per heavy atom. The Labute approximate surface area is 148 Å². The SMILES string of the molecule is OCc1nc(Nc2nc(-c3ccccc3CF)nc3ccccc23)n[nH]1. The van der Waals surface area contributed by atoms with Gasteiger partial charge in [-0.25, -0.2) is 14.4 Å². The molecule has 2 aromatic carbocycles. The van der Waals surface area contributed by atoms with Gasteiger partial charge in [-0.15, -0.1) is 5.10 Å². The second kappa shape index (κ2) is 6.85. The number of para-hydroxylation sites is 1. The van der Waals surface area contributed by atoms with Crippen LogP contribution in [0.2, 0.25) is 0 Å². The number of alkyl halides is 1. The molecule has 0 radical (unpaired) electrons. The highest BCUT2D eigenvalue weighted by Crippen LogP contribution is 2.28. The first kappa shape index (κ1) is 16.1. The number of hydrogen-bond acceptors (Lipinski definition) is 6. The van der Waals surface area contributed by atoms with Crippen molar-refractivity contribution in [3.8, 4) is 11.4 Å². The minimum Gasteiger partial charge on any atom is -0.388 e. The van der Waals surface area contributed by atoms with E-state index in [4.69, 9.17) is 5.11 Å². The van der Waals surface area contributed by atoms with Crippen LogP contribution in [0.15, 0.2) is 48.5 Å². The molecule has 0 fully saturated rings. The molecular formula is C18H15FN6O. The van der Waals surface area contributed by atoms with E-state index < -0.39 is 6.67 Å². The van der Waals surface area contributed by atoms with Gasteiger partial charge in [0.15, 0.2) is 11.6 Å². The van der Waals surface area contributed by atoms with Crippen molar-refractivity contribution in [3.05, 3.63) is 59.9 Å². The number of aliphatic hydroxyl groups is 1. The van der Waals surface area contributed by atoms with E-state index in [2.05, 4.69) is 30.5 Å². The lowest BCUT2D eigenvalue weighted by atomic mass is 10.1. The number of hydrogen-bond donors (Lipinski definition) is 3. The van der Waals surface area contributed by atoms with E-state index in [-0.39, 0.29) is 12.6 Å². The van der Waals surface area contributed by atoms with Gasteiger partial charge >= 0.3 is 0 Å². The van der Waals surface area contributed by atoms with Crippen LogP contribution >= 0.6 is 0 Å². The standard InChI is InChI=1S/C18H15FN6O/c19-9-11-5-1-2-6-12(11)16-20-14-8-4-3-7-13(14)17(22-16)23-18-21-15(10-26)24-25-18/h1-8,26H,9-10H2,(H2,20,21,22,23,24,25). The third-order valence-electron chi connectivity index (χ3n) is 3.92. The Morgan fingerprint density at radius 3 is 2.62 bits per heavy atom. The number of anilines is 2. The number of aromatic nitrogens is 5. The van der Waals surface area contributed by atoms with Gasteiger partial charge in [-0.1, -0.05) is 36.4 Å². The van der Waals surface area contributed by atoms with E-state index in [0.29, 0.717) is 34.1 Å². The van der Waals surface area contributed by atoms with Gasteiger partial charge in [0.1, 0.15) is 19.1 Å². The van der Waals surface area contributed by atoms with Gasteiger partial charge in [-0.2, -0.15) is 4.98 Å². The average Bonchev–Trinajstić information content (AvgIpc) is 3.15. The lowest BCUT2D eigenvalue weighted by Crippen LogP contribution is -2.01. The molecular weight excluding hydrogens is 335 g/mol. The van der Waals surface area contributed by atoms with Crippen molar-refractivity contribution >= 4 is 22.7 Å². The van der Waals surface area contributed by atoms with Gasteiger partial charge in [0.2, 0.25) is 5.95 Å². The summed E-state index contributed by atoms with van der Waals surface area (Å²) in [7, 11) is 0. The van der Waals surface area contributed by atoms with Crippen LogP contribution in [-0.2, 0) is 13.3 Å². The maximum atomic E-state index is 13.4. The van der Waals surface area contributed by atoms with Crippen molar-refractivity contribution in [3.63, 3.8) is 0 Å². The van der Waals surface area contributed by atoms with Crippen LogP contribution < -0.4 is 5.32 Å². The van der Waals surface area contributed by atoms with Crippen LogP contribution in [0.5, 0.6) is 0 Å². The Morgan fingerprint density at radius 2 is 1.81 bits per heavy atom. The fraction of sp³-hybridized carbons (Fsp3) is 0.111. The summed E-state index contributed by atoms with van der Waals surface area (Å²) in [5.74, 6) is 1.54. The van der Waals surface area contributed by atoms with Crippen LogP contribution in [-0.4, -0.2) is 30.3 Å². The molecule has 0 bridgehead atoms. The van der Waals surface area contributed by atoms with E-state index in [9.17, 15) is 4.39 Å². The van der Waals surface area contributed by atoms with Gasteiger partial charge < -0.3 is 10.4 Å². The van der Waals surface area contributed by atoms with Crippen LogP contribution in [0, 0.1) is 0 Å². The van der Waals surface area contributed by atoms with Crippen molar-refractivity contribution in [2.24, 2.45) is 0 Å². The number of aromatic amines is 1. The maximum Gasteiger partial charge on any atom is 0.247 e. The first-order valence-corrected chi connectivity index (χ1v) is 7.98. The van der Waals surface area contributed by atoms with Gasteiger partial charge in [-0.3, -0.25) is 5.10 Å². The fourth-order valence-corrected chi connectivity index (χ4v) is 2.68. The molecule has 0 atom stereocenters. The normalized spacial score (nSPS) is 11.0. The highest BCUT2D eigenvalue weighted by atomic mass is 19.1. The van der Waals surface area contributed by atoms with Crippen LogP contribution in [0.25, 0.3) is 22.3 Å². The van der Waals surface area contributed by atoms with E-state index in [1.807, 2.05) is 30.3 Å². The Balaban J connectivity index is 1.85. The molecule has 4 aromatic rings. The molecule has 0 aliphatic heterocycles.